The van der Waals surface area contributed by atoms with Crippen molar-refractivity contribution in [1.82, 2.24) is 4.90 Å². The van der Waals surface area contributed by atoms with Gasteiger partial charge in [-0.25, -0.2) is 0 Å². The Bertz CT molecular complexity index is 1310. The van der Waals surface area contributed by atoms with Crippen molar-refractivity contribution in [3.8, 4) is 11.5 Å². The van der Waals surface area contributed by atoms with Gasteiger partial charge in [-0.3, -0.25) is 14.5 Å². The first-order chi connectivity index (χ1) is 16.8. The van der Waals surface area contributed by atoms with Crippen molar-refractivity contribution in [2.45, 2.75) is 20.1 Å². The van der Waals surface area contributed by atoms with Crippen LogP contribution in [0.2, 0.25) is 10.0 Å². The van der Waals surface area contributed by atoms with Crippen molar-refractivity contribution in [1.29, 1.82) is 0 Å². The summed E-state index contributed by atoms with van der Waals surface area (Å²) in [6.45, 7) is 2.76. The van der Waals surface area contributed by atoms with Crippen LogP contribution in [0.15, 0.2) is 70.0 Å². The van der Waals surface area contributed by atoms with Crippen LogP contribution in [0.4, 0.5) is 4.79 Å². The standard InChI is InChI=1S/C26H20BrCl2NO4S/c1-2-33-23-11-16(6-9-22(23)34-15-18-7-8-20(28)13-21(18)29)12-24-25(31)30(26(32)35-24)14-17-4-3-5-19(27)10-17/h3-13H,2,14-15H2,1H3/b24-12+. The van der Waals surface area contributed by atoms with E-state index >= 15 is 0 Å². The van der Waals surface area contributed by atoms with Crippen LogP contribution < -0.4 is 9.47 Å². The molecule has 3 aromatic rings. The Labute approximate surface area is 226 Å². The summed E-state index contributed by atoms with van der Waals surface area (Å²) in [7, 11) is 0. The molecular weight excluding hydrogens is 573 g/mol. The summed E-state index contributed by atoms with van der Waals surface area (Å²) in [5.74, 6) is 0.744. The quantitative estimate of drug-likeness (QED) is 0.248. The normalized spacial score (nSPS) is 14.6. The topological polar surface area (TPSA) is 55.8 Å². The highest BCUT2D eigenvalue weighted by Gasteiger charge is 2.35. The molecule has 9 heteroatoms. The number of benzene rings is 3. The summed E-state index contributed by atoms with van der Waals surface area (Å²) >= 11 is 16.5. The lowest BCUT2D eigenvalue weighted by Gasteiger charge is -2.14. The smallest absolute Gasteiger partial charge is 0.293 e. The van der Waals surface area contributed by atoms with Gasteiger partial charge in [0.15, 0.2) is 11.5 Å². The minimum atomic E-state index is -0.323. The Hall–Kier alpha value is -2.45. The van der Waals surface area contributed by atoms with Gasteiger partial charge in [0.2, 0.25) is 0 Å². The molecule has 1 heterocycles. The van der Waals surface area contributed by atoms with E-state index in [4.69, 9.17) is 32.7 Å². The van der Waals surface area contributed by atoms with Gasteiger partial charge in [0.05, 0.1) is 18.1 Å². The molecule has 0 spiro atoms. The van der Waals surface area contributed by atoms with E-state index in [1.165, 1.54) is 4.90 Å². The van der Waals surface area contributed by atoms with E-state index in [1.54, 1.807) is 30.3 Å². The van der Waals surface area contributed by atoms with Gasteiger partial charge >= 0.3 is 0 Å². The SMILES string of the molecule is CCOc1cc(/C=C2/SC(=O)N(Cc3cccc(Br)c3)C2=O)ccc1OCc1ccc(Cl)cc1Cl. The van der Waals surface area contributed by atoms with E-state index in [-0.39, 0.29) is 24.3 Å². The monoisotopic (exact) mass is 591 g/mol. The number of carbonyl (C=O) groups excluding carboxylic acids is 2. The number of halogens is 3. The molecule has 180 valence electrons. The zero-order chi connectivity index (χ0) is 24.9. The number of thioether (sulfide) groups is 1. The first-order valence-corrected chi connectivity index (χ1v) is 13.0. The number of carbonyl (C=O) groups is 2. The second-order valence-electron chi connectivity index (χ2n) is 7.56. The third-order valence-electron chi connectivity index (χ3n) is 5.07. The summed E-state index contributed by atoms with van der Waals surface area (Å²) in [6, 6.07) is 18.1. The molecule has 1 fully saturated rings. The fourth-order valence-corrected chi connectivity index (χ4v) is 5.15. The molecule has 1 saturated heterocycles. The molecule has 0 aliphatic carbocycles. The van der Waals surface area contributed by atoms with Gasteiger partial charge in [0.25, 0.3) is 11.1 Å². The number of nitrogens with zero attached hydrogens (tertiary/aromatic N) is 1. The molecular formula is C26H20BrCl2NO4S. The first kappa shape index (κ1) is 25.6. The van der Waals surface area contributed by atoms with E-state index < -0.39 is 0 Å². The van der Waals surface area contributed by atoms with Crippen LogP contribution in [-0.4, -0.2) is 22.7 Å². The molecule has 0 aromatic heterocycles. The Morgan fingerprint density at radius 1 is 1.00 bits per heavy atom. The lowest BCUT2D eigenvalue weighted by atomic mass is 10.1. The lowest BCUT2D eigenvalue weighted by Crippen LogP contribution is -2.27. The third-order valence-corrected chi connectivity index (χ3v) is 7.05. The molecule has 3 aromatic carbocycles. The van der Waals surface area contributed by atoms with Crippen LogP contribution in [0, 0.1) is 0 Å². The molecule has 2 amide bonds. The second-order valence-corrected chi connectivity index (χ2v) is 10.3. The molecule has 0 saturated carbocycles. The fourth-order valence-electron chi connectivity index (χ4n) is 3.40. The van der Waals surface area contributed by atoms with Gasteiger partial charge < -0.3 is 9.47 Å². The predicted molar refractivity (Wildman–Crippen MR) is 144 cm³/mol. The maximum absolute atomic E-state index is 12.9. The molecule has 0 atom stereocenters. The van der Waals surface area contributed by atoms with Gasteiger partial charge in [0.1, 0.15) is 6.61 Å². The summed E-state index contributed by atoms with van der Waals surface area (Å²) in [5.41, 5.74) is 2.38. The Balaban J connectivity index is 1.51. The molecule has 0 bridgehead atoms. The van der Waals surface area contributed by atoms with Crippen molar-refractivity contribution < 1.29 is 19.1 Å². The Morgan fingerprint density at radius 3 is 2.57 bits per heavy atom. The van der Waals surface area contributed by atoms with Crippen LogP contribution in [0.3, 0.4) is 0 Å². The van der Waals surface area contributed by atoms with Gasteiger partial charge in [-0.05, 0) is 72.3 Å². The van der Waals surface area contributed by atoms with Crippen LogP contribution in [-0.2, 0) is 17.9 Å². The summed E-state index contributed by atoms with van der Waals surface area (Å²) in [5, 5.41) is 0.774. The van der Waals surface area contributed by atoms with Gasteiger partial charge in [-0.15, -0.1) is 0 Å². The van der Waals surface area contributed by atoms with Crippen molar-refractivity contribution in [3.05, 3.63) is 96.8 Å². The average Bonchev–Trinajstić information content (AvgIpc) is 3.07. The highest BCUT2D eigenvalue weighted by Crippen LogP contribution is 2.36. The fraction of sp³-hybridized carbons (Fsp3) is 0.154. The maximum Gasteiger partial charge on any atom is 0.293 e. The highest BCUT2D eigenvalue weighted by atomic mass is 79.9. The van der Waals surface area contributed by atoms with E-state index in [1.807, 2.05) is 43.3 Å². The molecule has 0 radical (unpaired) electrons. The maximum atomic E-state index is 12.9. The van der Waals surface area contributed by atoms with Crippen LogP contribution >= 0.6 is 50.9 Å². The average molecular weight is 593 g/mol. The summed E-state index contributed by atoms with van der Waals surface area (Å²) < 4.78 is 12.6. The van der Waals surface area contributed by atoms with E-state index in [2.05, 4.69) is 15.9 Å². The Morgan fingerprint density at radius 2 is 1.83 bits per heavy atom. The van der Waals surface area contributed by atoms with Crippen LogP contribution in [0.25, 0.3) is 6.08 Å². The minimum absolute atomic E-state index is 0.214. The number of hydrogen-bond donors (Lipinski definition) is 0. The Kier molecular flexibility index (Phi) is 8.44. The highest BCUT2D eigenvalue weighted by molar-refractivity contribution is 9.10. The molecule has 0 N–H and O–H groups in total. The number of amides is 2. The van der Waals surface area contributed by atoms with E-state index in [0.29, 0.717) is 33.1 Å². The van der Waals surface area contributed by atoms with Crippen LogP contribution in [0.5, 0.6) is 11.5 Å². The van der Waals surface area contributed by atoms with E-state index in [0.717, 1.165) is 32.9 Å². The number of ether oxygens (including phenoxy) is 2. The molecule has 0 unspecified atom stereocenters. The van der Waals surface area contributed by atoms with Gasteiger partial charge in [-0.1, -0.05) is 63.4 Å². The zero-order valence-electron chi connectivity index (χ0n) is 18.6. The third kappa shape index (κ3) is 6.41. The zero-order valence-corrected chi connectivity index (χ0v) is 22.5. The van der Waals surface area contributed by atoms with Crippen molar-refractivity contribution in [2.75, 3.05) is 6.61 Å². The number of imide groups is 1. The minimum Gasteiger partial charge on any atom is -0.490 e. The second kappa shape index (κ2) is 11.5. The molecule has 1 aliphatic heterocycles. The van der Waals surface area contributed by atoms with Gasteiger partial charge in [0, 0.05) is 20.1 Å². The molecule has 5 nitrogen and oxygen atoms in total. The molecule has 35 heavy (non-hydrogen) atoms. The van der Waals surface area contributed by atoms with E-state index in [9.17, 15) is 9.59 Å². The number of hydrogen-bond acceptors (Lipinski definition) is 5. The molecule has 1 aliphatic rings. The number of rotatable bonds is 8. The first-order valence-electron chi connectivity index (χ1n) is 10.7. The van der Waals surface area contributed by atoms with Gasteiger partial charge in [-0.2, -0.15) is 0 Å². The van der Waals surface area contributed by atoms with Crippen LogP contribution in [0.1, 0.15) is 23.6 Å². The molecule has 4 rings (SSSR count). The van der Waals surface area contributed by atoms with Crippen molar-refractivity contribution in [3.63, 3.8) is 0 Å². The largest absolute Gasteiger partial charge is 0.490 e. The predicted octanol–water partition coefficient (Wildman–Crippen LogP) is 7.97. The van der Waals surface area contributed by atoms with Crippen molar-refractivity contribution >= 4 is 68.1 Å². The van der Waals surface area contributed by atoms with Crippen molar-refractivity contribution in [2.24, 2.45) is 0 Å². The summed E-state index contributed by atoms with van der Waals surface area (Å²) in [6.07, 6.45) is 1.69. The lowest BCUT2D eigenvalue weighted by molar-refractivity contribution is -0.123. The summed E-state index contributed by atoms with van der Waals surface area (Å²) in [4.78, 5) is 27.0.